The molecule has 1 atom stereocenters. The van der Waals surface area contributed by atoms with Gasteiger partial charge in [0.2, 0.25) is 0 Å². The maximum atomic E-state index is 9.74. The van der Waals surface area contributed by atoms with Crippen LogP contribution in [0, 0.1) is 0 Å². The van der Waals surface area contributed by atoms with Gasteiger partial charge in [0.25, 0.3) is 0 Å². The molecule has 0 aromatic rings. The Morgan fingerprint density at radius 1 is 0.700 bits per heavy atom. The van der Waals surface area contributed by atoms with Gasteiger partial charge in [-0.3, -0.25) is 0 Å². The molecule has 0 bridgehead atoms. The fraction of sp³-hybridized carbons (Fsp3) is 1.00. The Balaban J connectivity index is 3.05. The van der Waals surface area contributed by atoms with Crippen LogP contribution >= 0.6 is 0 Å². The molecule has 2 heteroatoms. The van der Waals surface area contributed by atoms with Crippen LogP contribution in [0.3, 0.4) is 0 Å². The molecule has 0 aliphatic carbocycles. The zero-order valence-corrected chi connectivity index (χ0v) is 14.0. The van der Waals surface area contributed by atoms with Crippen molar-refractivity contribution in [1.82, 2.24) is 0 Å². The lowest BCUT2D eigenvalue weighted by Crippen LogP contribution is -2.10. The van der Waals surface area contributed by atoms with Crippen LogP contribution in [0.2, 0.25) is 0 Å². The summed E-state index contributed by atoms with van der Waals surface area (Å²) in [5.74, 6) is 0. The van der Waals surface area contributed by atoms with E-state index < -0.39 is 0 Å². The van der Waals surface area contributed by atoms with Gasteiger partial charge < -0.3 is 9.84 Å². The van der Waals surface area contributed by atoms with Gasteiger partial charge in [0, 0.05) is 13.2 Å². The Labute approximate surface area is 127 Å². The number of hydrogen-bond acceptors (Lipinski definition) is 2. The zero-order chi connectivity index (χ0) is 14.9. The first-order valence-corrected chi connectivity index (χ1v) is 9.07. The summed E-state index contributed by atoms with van der Waals surface area (Å²) in [6.45, 7) is 5.73. The average Bonchev–Trinajstić information content (AvgIpc) is 2.45. The Morgan fingerprint density at radius 2 is 1.20 bits per heavy atom. The van der Waals surface area contributed by atoms with Crippen molar-refractivity contribution in [3.8, 4) is 0 Å². The first-order chi connectivity index (χ1) is 9.81. The molecule has 122 valence electrons. The number of hydrogen-bond donors (Lipinski definition) is 1. The maximum Gasteiger partial charge on any atom is 0.0562 e. The van der Waals surface area contributed by atoms with Crippen LogP contribution in [-0.4, -0.2) is 24.4 Å². The van der Waals surface area contributed by atoms with Crippen LogP contribution in [0.5, 0.6) is 0 Å². The second-order valence-electron chi connectivity index (χ2n) is 5.96. The van der Waals surface area contributed by atoms with E-state index >= 15 is 0 Å². The monoisotopic (exact) mass is 286 g/mol. The molecule has 2 nitrogen and oxygen atoms in total. The molecule has 0 aliphatic rings. The summed E-state index contributed by atoms with van der Waals surface area (Å²) in [5.41, 5.74) is 0. The van der Waals surface area contributed by atoms with Crippen molar-refractivity contribution >= 4 is 0 Å². The molecule has 0 aromatic carbocycles. The van der Waals surface area contributed by atoms with Crippen LogP contribution in [0.4, 0.5) is 0 Å². The van der Waals surface area contributed by atoms with Gasteiger partial charge in [0.05, 0.1) is 6.10 Å². The third-order valence-corrected chi connectivity index (χ3v) is 3.94. The highest BCUT2D eigenvalue weighted by Gasteiger charge is 2.03. The largest absolute Gasteiger partial charge is 0.393 e. The Hall–Kier alpha value is -0.0800. The molecule has 0 amide bonds. The number of aliphatic hydroxyl groups excluding tert-OH is 1. The van der Waals surface area contributed by atoms with Gasteiger partial charge >= 0.3 is 0 Å². The van der Waals surface area contributed by atoms with Gasteiger partial charge in [0.1, 0.15) is 0 Å². The van der Waals surface area contributed by atoms with E-state index in [0.29, 0.717) is 6.61 Å². The first-order valence-electron chi connectivity index (χ1n) is 9.07. The quantitative estimate of drug-likeness (QED) is 0.381. The molecule has 0 rings (SSSR count). The number of rotatable bonds is 16. The van der Waals surface area contributed by atoms with E-state index in [1.54, 1.807) is 0 Å². The smallest absolute Gasteiger partial charge is 0.0562 e. The highest BCUT2D eigenvalue weighted by atomic mass is 16.5. The summed E-state index contributed by atoms with van der Waals surface area (Å²) < 4.78 is 5.25. The minimum absolute atomic E-state index is 0.153. The van der Waals surface area contributed by atoms with E-state index in [-0.39, 0.29) is 6.10 Å². The number of aliphatic hydroxyl groups is 1. The van der Waals surface area contributed by atoms with Crippen LogP contribution < -0.4 is 0 Å². The van der Waals surface area contributed by atoms with Crippen molar-refractivity contribution in [3.05, 3.63) is 0 Å². The van der Waals surface area contributed by atoms with Crippen molar-refractivity contribution in [2.24, 2.45) is 0 Å². The SMILES string of the molecule is CCCCCCCCCCCCCC(O)CCOCC. The van der Waals surface area contributed by atoms with Crippen LogP contribution in [0.15, 0.2) is 0 Å². The lowest BCUT2D eigenvalue weighted by Gasteiger charge is -2.10. The van der Waals surface area contributed by atoms with Crippen molar-refractivity contribution in [1.29, 1.82) is 0 Å². The summed E-state index contributed by atoms with van der Waals surface area (Å²) in [6, 6.07) is 0. The third kappa shape index (κ3) is 16.0. The van der Waals surface area contributed by atoms with Crippen molar-refractivity contribution in [3.63, 3.8) is 0 Å². The van der Waals surface area contributed by atoms with Gasteiger partial charge in [-0.25, -0.2) is 0 Å². The highest BCUT2D eigenvalue weighted by molar-refractivity contribution is 4.56. The van der Waals surface area contributed by atoms with Gasteiger partial charge in [-0.15, -0.1) is 0 Å². The molecule has 0 saturated heterocycles. The first kappa shape index (κ1) is 19.9. The minimum Gasteiger partial charge on any atom is -0.393 e. The minimum atomic E-state index is -0.153. The molecule has 0 heterocycles. The molecular weight excluding hydrogens is 248 g/mol. The molecule has 0 spiro atoms. The van der Waals surface area contributed by atoms with Crippen LogP contribution in [0.25, 0.3) is 0 Å². The summed E-state index contributed by atoms with van der Waals surface area (Å²) in [7, 11) is 0. The molecule has 0 saturated carbocycles. The Kier molecular flexibility index (Phi) is 16.9. The van der Waals surface area contributed by atoms with E-state index in [2.05, 4.69) is 6.92 Å². The molecular formula is C18H38O2. The summed E-state index contributed by atoms with van der Waals surface area (Å²) >= 11 is 0. The maximum absolute atomic E-state index is 9.74. The van der Waals surface area contributed by atoms with E-state index in [9.17, 15) is 5.11 Å². The Bertz CT molecular complexity index is 171. The number of unbranched alkanes of at least 4 members (excludes halogenated alkanes) is 10. The van der Waals surface area contributed by atoms with Crippen molar-refractivity contribution in [2.45, 2.75) is 103 Å². The third-order valence-electron chi connectivity index (χ3n) is 3.94. The predicted octanol–water partition coefficient (Wildman–Crippen LogP) is 5.48. The van der Waals surface area contributed by atoms with Crippen molar-refractivity contribution in [2.75, 3.05) is 13.2 Å². The van der Waals surface area contributed by atoms with Gasteiger partial charge in [-0.1, -0.05) is 77.6 Å². The second kappa shape index (κ2) is 17.0. The molecule has 0 aromatic heterocycles. The van der Waals surface area contributed by atoms with Gasteiger partial charge in [0.15, 0.2) is 0 Å². The van der Waals surface area contributed by atoms with Crippen molar-refractivity contribution < 1.29 is 9.84 Å². The van der Waals surface area contributed by atoms with Crippen LogP contribution in [-0.2, 0) is 4.74 Å². The molecule has 1 N–H and O–H groups in total. The standard InChI is InChI=1S/C18H38O2/c1-3-5-6-7-8-9-10-11-12-13-14-15-18(19)16-17-20-4-2/h18-19H,3-17H2,1-2H3. The fourth-order valence-corrected chi connectivity index (χ4v) is 2.55. The Morgan fingerprint density at radius 3 is 1.70 bits per heavy atom. The topological polar surface area (TPSA) is 29.5 Å². The average molecular weight is 286 g/mol. The lowest BCUT2D eigenvalue weighted by atomic mass is 10.0. The lowest BCUT2D eigenvalue weighted by molar-refractivity contribution is 0.0828. The van der Waals surface area contributed by atoms with E-state index in [1.807, 2.05) is 6.92 Å². The number of ether oxygens (including phenoxy) is 1. The van der Waals surface area contributed by atoms with E-state index in [1.165, 1.54) is 70.6 Å². The summed E-state index contributed by atoms with van der Waals surface area (Å²) in [4.78, 5) is 0. The van der Waals surface area contributed by atoms with E-state index in [0.717, 1.165) is 19.4 Å². The van der Waals surface area contributed by atoms with Crippen LogP contribution in [0.1, 0.15) is 97.3 Å². The molecule has 1 unspecified atom stereocenters. The summed E-state index contributed by atoms with van der Waals surface area (Å²) in [5, 5.41) is 9.74. The predicted molar refractivity (Wildman–Crippen MR) is 88.2 cm³/mol. The molecule has 0 aliphatic heterocycles. The van der Waals surface area contributed by atoms with E-state index in [4.69, 9.17) is 4.74 Å². The fourth-order valence-electron chi connectivity index (χ4n) is 2.55. The molecule has 0 radical (unpaired) electrons. The summed E-state index contributed by atoms with van der Waals surface area (Å²) in [6.07, 6.45) is 16.6. The molecule has 0 fully saturated rings. The van der Waals surface area contributed by atoms with Gasteiger partial charge in [-0.2, -0.15) is 0 Å². The second-order valence-corrected chi connectivity index (χ2v) is 5.96. The normalized spacial score (nSPS) is 12.8. The zero-order valence-electron chi connectivity index (χ0n) is 14.0. The van der Waals surface area contributed by atoms with Gasteiger partial charge in [-0.05, 0) is 19.8 Å². The highest BCUT2D eigenvalue weighted by Crippen LogP contribution is 2.13. The molecule has 20 heavy (non-hydrogen) atoms.